The summed E-state index contributed by atoms with van der Waals surface area (Å²) in [6, 6.07) is 4.50. The van der Waals surface area contributed by atoms with Crippen LogP contribution in [0.2, 0.25) is 19.6 Å². The summed E-state index contributed by atoms with van der Waals surface area (Å²) in [5.74, 6) is 0.874. The number of hydrogen-bond acceptors (Lipinski definition) is 4. The molecule has 0 bridgehead atoms. The van der Waals surface area contributed by atoms with E-state index in [0.717, 1.165) is 11.6 Å². The highest BCUT2D eigenvalue weighted by molar-refractivity contribution is 6.75. The molecule has 5 heteroatoms. The first-order valence-electron chi connectivity index (χ1n) is 6.74. The highest BCUT2D eigenvalue weighted by Gasteiger charge is 2.24. The molecule has 0 spiro atoms. The van der Waals surface area contributed by atoms with Gasteiger partial charge in [-0.1, -0.05) is 19.6 Å². The second-order valence-electron chi connectivity index (χ2n) is 5.82. The van der Waals surface area contributed by atoms with Crippen molar-refractivity contribution in [2.45, 2.75) is 32.6 Å². The van der Waals surface area contributed by atoms with E-state index in [4.69, 9.17) is 14.2 Å². The van der Waals surface area contributed by atoms with Crippen LogP contribution in [0.5, 0.6) is 11.5 Å². The lowest BCUT2D eigenvalue weighted by molar-refractivity contribution is 0.0521. The van der Waals surface area contributed by atoms with Crippen LogP contribution in [0, 0.1) is 0 Å². The van der Waals surface area contributed by atoms with Crippen LogP contribution >= 0.6 is 0 Å². The molecule has 1 aromatic rings. The van der Waals surface area contributed by atoms with Gasteiger partial charge in [-0.2, -0.15) is 0 Å². The fourth-order valence-electron chi connectivity index (χ4n) is 2.07. The van der Waals surface area contributed by atoms with E-state index in [1.165, 1.54) is 0 Å². The minimum atomic E-state index is -1.39. The van der Waals surface area contributed by atoms with Gasteiger partial charge in [-0.25, -0.2) is 4.79 Å². The van der Waals surface area contributed by atoms with Gasteiger partial charge in [0.25, 0.3) is 0 Å². The van der Waals surface area contributed by atoms with Gasteiger partial charge in [0.15, 0.2) is 0 Å². The van der Waals surface area contributed by atoms with E-state index in [2.05, 4.69) is 19.6 Å². The van der Waals surface area contributed by atoms with E-state index < -0.39 is 8.07 Å². The Balaban J connectivity index is 3.38. The summed E-state index contributed by atoms with van der Waals surface area (Å²) in [5, 5.41) is 0. The Bertz CT molecular complexity index is 477. The van der Waals surface area contributed by atoms with Crippen LogP contribution < -0.4 is 9.47 Å². The van der Waals surface area contributed by atoms with Crippen LogP contribution in [-0.2, 0) is 10.8 Å². The van der Waals surface area contributed by atoms with E-state index in [9.17, 15) is 4.79 Å². The largest absolute Gasteiger partial charge is 0.497 e. The molecule has 20 heavy (non-hydrogen) atoms. The molecule has 0 saturated heterocycles. The molecular weight excluding hydrogens is 272 g/mol. The number of esters is 1. The highest BCUT2D eigenvalue weighted by atomic mass is 28.3. The van der Waals surface area contributed by atoms with E-state index in [-0.39, 0.29) is 5.97 Å². The van der Waals surface area contributed by atoms with Crippen LogP contribution in [0.4, 0.5) is 0 Å². The van der Waals surface area contributed by atoms with Crippen molar-refractivity contribution in [2.75, 3.05) is 20.8 Å². The zero-order valence-electron chi connectivity index (χ0n) is 13.2. The fraction of sp³-hybridized carbons (Fsp3) is 0.533. The van der Waals surface area contributed by atoms with Gasteiger partial charge in [0.05, 0.1) is 20.8 Å². The molecule has 4 nitrogen and oxygen atoms in total. The van der Waals surface area contributed by atoms with Gasteiger partial charge >= 0.3 is 5.97 Å². The van der Waals surface area contributed by atoms with E-state index in [1.54, 1.807) is 27.2 Å². The summed E-state index contributed by atoms with van der Waals surface area (Å²) in [6.07, 6.45) is 0. The van der Waals surface area contributed by atoms with Gasteiger partial charge < -0.3 is 14.2 Å². The SMILES string of the molecule is CCOC(=O)c1c(C[Si](C)(C)C)cc(OC)cc1OC. The van der Waals surface area contributed by atoms with Crippen molar-refractivity contribution in [1.82, 2.24) is 0 Å². The summed E-state index contributed by atoms with van der Waals surface area (Å²) in [4.78, 5) is 12.2. The predicted molar refractivity (Wildman–Crippen MR) is 82.6 cm³/mol. The first-order chi connectivity index (χ1) is 9.32. The summed E-state index contributed by atoms with van der Waals surface area (Å²) in [7, 11) is 1.77. The number of rotatable bonds is 6. The predicted octanol–water partition coefficient (Wildman–Crippen LogP) is 3.30. The first-order valence-corrected chi connectivity index (χ1v) is 10.4. The maximum atomic E-state index is 12.2. The standard InChI is InChI=1S/C15H24O4Si/c1-7-19-15(16)14-11(10-20(4,5)6)8-12(17-2)9-13(14)18-3/h8-9H,7,10H2,1-6H3. The maximum Gasteiger partial charge on any atom is 0.342 e. The Labute approximate surface area is 122 Å². The molecule has 0 heterocycles. The number of carbonyl (C=O) groups is 1. The molecule has 0 radical (unpaired) electrons. The molecule has 0 N–H and O–H groups in total. The van der Waals surface area contributed by atoms with Crippen LogP contribution in [0.3, 0.4) is 0 Å². The molecule has 0 unspecified atom stereocenters. The quantitative estimate of drug-likeness (QED) is 0.597. The van der Waals surface area contributed by atoms with Gasteiger partial charge in [-0.3, -0.25) is 0 Å². The first kappa shape index (κ1) is 16.6. The molecule has 0 aromatic heterocycles. The molecule has 0 aliphatic rings. The smallest absolute Gasteiger partial charge is 0.342 e. The minimum absolute atomic E-state index is 0.333. The summed E-state index contributed by atoms with van der Waals surface area (Å²) >= 11 is 0. The Morgan fingerprint density at radius 3 is 2.25 bits per heavy atom. The Morgan fingerprint density at radius 1 is 1.15 bits per heavy atom. The summed E-state index contributed by atoms with van der Waals surface area (Å²) in [6.45, 7) is 8.92. The molecule has 0 aliphatic heterocycles. The molecule has 0 atom stereocenters. The molecule has 0 saturated carbocycles. The lowest BCUT2D eigenvalue weighted by Gasteiger charge is -2.20. The maximum absolute atomic E-state index is 12.2. The van der Waals surface area contributed by atoms with Crippen LogP contribution in [0.15, 0.2) is 12.1 Å². The van der Waals surface area contributed by atoms with Gasteiger partial charge in [0.1, 0.15) is 17.1 Å². The number of carbonyl (C=O) groups excluding carboxylic acids is 1. The second-order valence-corrected chi connectivity index (χ2v) is 11.3. The van der Waals surface area contributed by atoms with Crippen LogP contribution in [0.1, 0.15) is 22.8 Å². The lowest BCUT2D eigenvalue weighted by atomic mass is 10.1. The Morgan fingerprint density at radius 2 is 1.80 bits per heavy atom. The van der Waals surface area contributed by atoms with Gasteiger partial charge in [-0.05, 0) is 24.6 Å². The average Bonchev–Trinajstić information content (AvgIpc) is 2.35. The molecule has 0 fully saturated rings. The van der Waals surface area contributed by atoms with Gasteiger partial charge in [0, 0.05) is 14.1 Å². The number of benzene rings is 1. The monoisotopic (exact) mass is 296 g/mol. The Hall–Kier alpha value is -1.49. The van der Waals surface area contributed by atoms with Crippen molar-refractivity contribution >= 4 is 14.0 Å². The Kier molecular flexibility index (Phi) is 5.62. The van der Waals surface area contributed by atoms with E-state index >= 15 is 0 Å². The van der Waals surface area contributed by atoms with E-state index in [0.29, 0.717) is 23.7 Å². The highest BCUT2D eigenvalue weighted by Crippen LogP contribution is 2.31. The molecule has 0 amide bonds. The summed E-state index contributed by atoms with van der Waals surface area (Å²) in [5.41, 5.74) is 1.47. The number of ether oxygens (including phenoxy) is 3. The van der Waals surface area contributed by atoms with Crippen LogP contribution in [0.25, 0.3) is 0 Å². The fourth-order valence-corrected chi connectivity index (χ4v) is 3.49. The van der Waals surface area contributed by atoms with Gasteiger partial charge in [-0.15, -0.1) is 0 Å². The normalized spacial score (nSPS) is 11.1. The second kappa shape index (κ2) is 6.79. The summed E-state index contributed by atoms with van der Waals surface area (Å²) < 4.78 is 15.8. The zero-order valence-corrected chi connectivity index (χ0v) is 14.2. The average molecular weight is 296 g/mol. The van der Waals surface area contributed by atoms with E-state index in [1.807, 2.05) is 6.07 Å². The zero-order chi connectivity index (χ0) is 15.3. The molecule has 112 valence electrons. The number of hydrogen-bond donors (Lipinski definition) is 0. The van der Waals surface area contributed by atoms with Crippen molar-refractivity contribution < 1.29 is 19.0 Å². The third-order valence-corrected chi connectivity index (χ3v) is 4.25. The number of methoxy groups -OCH3 is 2. The topological polar surface area (TPSA) is 44.8 Å². The lowest BCUT2D eigenvalue weighted by Crippen LogP contribution is -2.26. The van der Waals surface area contributed by atoms with Crippen molar-refractivity contribution in [2.24, 2.45) is 0 Å². The van der Waals surface area contributed by atoms with Crippen LogP contribution in [-0.4, -0.2) is 34.9 Å². The van der Waals surface area contributed by atoms with Crippen molar-refractivity contribution in [3.8, 4) is 11.5 Å². The van der Waals surface area contributed by atoms with Crippen molar-refractivity contribution in [3.63, 3.8) is 0 Å². The molecule has 0 aliphatic carbocycles. The van der Waals surface area contributed by atoms with Gasteiger partial charge in [0.2, 0.25) is 0 Å². The third kappa shape index (κ3) is 4.26. The van der Waals surface area contributed by atoms with Crippen molar-refractivity contribution in [3.05, 3.63) is 23.3 Å². The molecule has 1 rings (SSSR count). The molecular formula is C15H24O4Si. The minimum Gasteiger partial charge on any atom is -0.497 e. The molecule has 1 aromatic carbocycles. The van der Waals surface area contributed by atoms with Crippen molar-refractivity contribution in [1.29, 1.82) is 0 Å². The third-order valence-electron chi connectivity index (χ3n) is 2.81.